The van der Waals surface area contributed by atoms with Gasteiger partial charge in [-0.2, -0.15) is 0 Å². The Morgan fingerprint density at radius 3 is 1.74 bits per heavy atom. The van der Waals surface area contributed by atoms with E-state index in [0.29, 0.717) is 5.42 Å². The Balaban J connectivity index is 1.20. The number of hydrogen-bond acceptors (Lipinski definition) is 2. The number of fused-ring (bicyclic) bond motifs is 8. The van der Waals surface area contributed by atoms with Crippen LogP contribution in [0.4, 0.5) is 0 Å². The van der Waals surface area contributed by atoms with E-state index in [1.165, 1.54) is 0 Å². The van der Waals surface area contributed by atoms with Crippen LogP contribution < -0.4 is 21.1 Å². The molecular formula is C52H36O2. The number of rotatable bonds is 5. The minimum Gasteiger partial charge on any atom is -0.456 e. The van der Waals surface area contributed by atoms with Gasteiger partial charge >= 0.3 is 0 Å². The molecule has 0 spiro atoms. The lowest BCUT2D eigenvalue weighted by molar-refractivity contribution is 0.580. The lowest BCUT2D eigenvalue weighted by Gasteiger charge is -2.09. The monoisotopic (exact) mass is 692 g/mol. The van der Waals surface area contributed by atoms with Crippen molar-refractivity contribution in [3.8, 4) is 11.1 Å². The van der Waals surface area contributed by atoms with E-state index in [9.17, 15) is 0 Å². The van der Waals surface area contributed by atoms with Gasteiger partial charge in [-0.1, -0.05) is 160 Å². The predicted molar refractivity (Wildman–Crippen MR) is 231 cm³/mol. The van der Waals surface area contributed by atoms with E-state index in [4.69, 9.17) is 8.83 Å². The van der Waals surface area contributed by atoms with Crippen molar-refractivity contribution in [1.82, 2.24) is 0 Å². The van der Waals surface area contributed by atoms with E-state index in [0.717, 1.165) is 104 Å². The van der Waals surface area contributed by atoms with Crippen LogP contribution in [0.5, 0.6) is 0 Å². The molecule has 0 unspecified atom stereocenters. The molecule has 0 aliphatic rings. The molecule has 256 valence electrons. The van der Waals surface area contributed by atoms with Gasteiger partial charge in [0.1, 0.15) is 22.2 Å². The van der Waals surface area contributed by atoms with Crippen molar-refractivity contribution in [2.24, 2.45) is 0 Å². The van der Waals surface area contributed by atoms with E-state index >= 15 is 0 Å². The highest BCUT2D eigenvalue weighted by molar-refractivity contribution is 6.22. The number of para-hydroxylation sites is 1. The maximum absolute atomic E-state index is 6.49. The topological polar surface area (TPSA) is 26.3 Å². The Hall–Kier alpha value is -7.16. The molecule has 7 aromatic carbocycles. The molecule has 2 aromatic heterocycles. The summed E-state index contributed by atoms with van der Waals surface area (Å²) in [7, 11) is 0. The molecule has 0 N–H and O–H groups in total. The molecule has 2 heterocycles. The van der Waals surface area contributed by atoms with Crippen LogP contribution in [0.15, 0.2) is 180 Å². The van der Waals surface area contributed by atoms with Crippen LogP contribution in [0.3, 0.4) is 0 Å². The van der Waals surface area contributed by atoms with Crippen LogP contribution in [0.2, 0.25) is 0 Å². The van der Waals surface area contributed by atoms with Gasteiger partial charge in [-0.25, -0.2) is 0 Å². The first kappa shape index (κ1) is 32.7. The van der Waals surface area contributed by atoms with Crippen LogP contribution in [-0.2, 0) is 0 Å². The summed E-state index contributed by atoms with van der Waals surface area (Å²) >= 11 is 0. The molecule has 9 aromatic rings. The number of allylic oxidation sites excluding steroid dienone is 2. The molecule has 2 nitrogen and oxygen atoms in total. The molecule has 0 aliphatic heterocycles. The summed E-state index contributed by atoms with van der Waals surface area (Å²) in [4.78, 5) is 0. The van der Waals surface area contributed by atoms with Gasteiger partial charge in [-0.15, -0.1) is 0 Å². The zero-order valence-electron chi connectivity index (χ0n) is 29.8. The molecule has 0 atom stereocenters. The fraction of sp³-hybridized carbons (Fsp3) is 0. The largest absolute Gasteiger partial charge is 0.456 e. The van der Waals surface area contributed by atoms with Gasteiger partial charge in [0.25, 0.3) is 0 Å². The highest BCUT2D eigenvalue weighted by atomic mass is 16.3. The van der Waals surface area contributed by atoms with Gasteiger partial charge in [0, 0.05) is 21.4 Å². The third-order valence-corrected chi connectivity index (χ3v) is 10.3. The smallest absolute Gasteiger partial charge is 0.147 e. The summed E-state index contributed by atoms with van der Waals surface area (Å²) in [5.41, 5.74) is 9.00. The van der Waals surface area contributed by atoms with Gasteiger partial charge in [-0.05, 0) is 96.4 Å². The summed E-state index contributed by atoms with van der Waals surface area (Å²) in [5.74, 6) is 0. The third-order valence-electron chi connectivity index (χ3n) is 10.3. The lowest BCUT2D eigenvalue weighted by atomic mass is 9.95. The van der Waals surface area contributed by atoms with E-state index in [1.54, 1.807) is 0 Å². The van der Waals surface area contributed by atoms with Crippen LogP contribution >= 0.6 is 0 Å². The minimum absolute atomic E-state index is 0.574. The molecule has 0 saturated heterocycles. The highest BCUT2D eigenvalue weighted by Gasteiger charge is 2.16. The molecule has 0 fully saturated rings. The van der Waals surface area contributed by atoms with E-state index < -0.39 is 0 Å². The fourth-order valence-corrected chi connectivity index (χ4v) is 7.56. The summed E-state index contributed by atoms with van der Waals surface area (Å²) in [6, 6.07) is 54.2. The lowest BCUT2D eigenvalue weighted by Crippen LogP contribution is -2.22. The third kappa shape index (κ3) is 5.71. The van der Waals surface area contributed by atoms with Crippen LogP contribution in [0, 0.1) is 0 Å². The fourth-order valence-electron chi connectivity index (χ4n) is 7.56. The highest BCUT2D eigenvalue weighted by Crippen LogP contribution is 2.37. The van der Waals surface area contributed by atoms with Crippen molar-refractivity contribution in [1.29, 1.82) is 0 Å². The van der Waals surface area contributed by atoms with E-state index in [-0.39, 0.29) is 0 Å². The standard InChI is InChI=1S/C52H36O2/c1-33-30-40(37-16-8-7-9-17-37)25-24-39(33)31-34(2)41-18-10-5-6-11-19-42(44-21-13-12-20-43(41)44)35(3)32-48-36(4)53-51-47(48)29-27-38-26-28-46-45-22-14-15-23-49(45)54-52(46)50(38)51/h5-32H,1-4H2/b6-5?,10-5?,11-6?,18-10?,19-11?,39-31-,41-18?,42-19?,43-41?,44-42?,48-32+. The average Bonchev–Trinajstić information content (AvgIpc) is 3.74. The zero-order chi connectivity index (χ0) is 36.8. The summed E-state index contributed by atoms with van der Waals surface area (Å²) in [6.45, 7) is 18.0. The normalized spacial score (nSPS) is 12.2. The minimum atomic E-state index is 0.574. The van der Waals surface area contributed by atoms with Gasteiger partial charge in [0.05, 0.1) is 5.39 Å². The molecule has 9 rings (SSSR count). The average molecular weight is 693 g/mol. The SMILES string of the molecule is C=C(/C=c1/ccc(-c2ccccc2)cc1=C)c1ccccccc(C(=C)/C=c2\c(=C)oc3c2ccc2ccc4c5ccccc5oc4c23)c2ccccc12. The van der Waals surface area contributed by atoms with Gasteiger partial charge in [-0.3, -0.25) is 0 Å². The van der Waals surface area contributed by atoms with Crippen molar-refractivity contribution in [2.45, 2.75) is 0 Å². The summed E-state index contributed by atoms with van der Waals surface area (Å²) < 4.78 is 12.9. The van der Waals surface area contributed by atoms with Crippen molar-refractivity contribution in [3.63, 3.8) is 0 Å². The predicted octanol–water partition coefficient (Wildman–Crippen LogP) is 11.2. The molecule has 2 heteroatoms. The van der Waals surface area contributed by atoms with Crippen molar-refractivity contribution in [3.05, 3.63) is 203 Å². The van der Waals surface area contributed by atoms with Crippen molar-refractivity contribution < 1.29 is 8.83 Å². The first-order valence-electron chi connectivity index (χ1n) is 18.0. The van der Waals surface area contributed by atoms with Crippen LogP contribution in [0.25, 0.3) is 102 Å². The zero-order valence-corrected chi connectivity index (χ0v) is 29.8. The number of benzene rings is 6. The Morgan fingerprint density at radius 2 is 1.04 bits per heavy atom. The van der Waals surface area contributed by atoms with Gasteiger partial charge < -0.3 is 8.83 Å². The Bertz CT molecular complexity index is 3280. The molecule has 0 radical (unpaired) electrons. The molecular weight excluding hydrogens is 657 g/mol. The second-order valence-corrected chi connectivity index (χ2v) is 13.6. The first-order chi connectivity index (χ1) is 26.4. The molecule has 0 amide bonds. The summed E-state index contributed by atoms with van der Waals surface area (Å²) in [6.07, 6.45) is 4.21. The first-order valence-corrected chi connectivity index (χ1v) is 18.0. The van der Waals surface area contributed by atoms with Gasteiger partial charge in [0.2, 0.25) is 0 Å². The van der Waals surface area contributed by atoms with Crippen LogP contribution in [-0.4, -0.2) is 0 Å². The number of hydrogen-bond donors (Lipinski definition) is 0. The van der Waals surface area contributed by atoms with E-state index in [1.807, 2.05) is 36.4 Å². The molecule has 0 bridgehead atoms. The Morgan fingerprint density at radius 1 is 0.463 bits per heavy atom. The second kappa shape index (κ2) is 13.4. The molecule has 54 heavy (non-hydrogen) atoms. The van der Waals surface area contributed by atoms with Crippen molar-refractivity contribution >= 4 is 90.9 Å². The van der Waals surface area contributed by atoms with E-state index in [2.05, 4.69) is 160 Å². The summed E-state index contributed by atoms with van der Waals surface area (Å²) in [5, 5.41) is 10.0. The molecule has 0 aliphatic carbocycles. The van der Waals surface area contributed by atoms with Crippen LogP contribution in [0.1, 0.15) is 11.1 Å². The Kier molecular flexibility index (Phi) is 8.14. The number of furan rings is 2. The Labute approximate surface area is 312 Å². The van der Waals surface area contributed by atoms with Crippen molar-refractivity contribution in [2.75, 3.05) is 0 Å². The molecule has 0 saturated carbocycles. The quantitative estimate of drug-likeness (QED) is 0.179. The maximum atomic E-state index is 6.49. The second-order valence-electron chi connectivity index (χ2n) is 13.6. The van der Waals surface area contributed by atoms with Gasteiger partial charge in [0.15, 0.2) is 0 Å². The maximum Gasteiger partial charge on any atom is 0.147 e.